The van der Waals surface area contributed by atoms with E-state index < -0.39 is 0 Å². The lowest BCUT2D eigenvalue weighted by atomic mass is 10.1. The quantitative estimate of drug-likeness (QED) is 0.652. The number of anilines is 1. The van der Waals surface area contributed by atoms with Crippen molar-refractivity contribution in [2.24, 2.45) is 0 Å². The summed E-state index contributed by atoms with van der Waals surface area (Å²) in [5.74, 6) is -0.208. The van der Waals surface area contributed by atoms with Gasteiger partial charge in [0, 0.05) is 32.4 Å². The Morgan fingerprint density at radius 2 is 1.91 bits per heavy atom. The fraction of sp³-hybridized carbons (Fsp3) is 0.0625. The highest BCUT2D eigenvalue weighted by Crippen LogP contribution is 2.27. The highest BCUT2D eigenvalue weighted by atomic mass is 79.9. The van der Waals surface area contributed by atoms with Gasteiger partial charge in [0.05, 0.1) is 16.8 Å². The van der Waals surface area contributed by atoms with Crippen molar-refractivity contribution in [3.8, 4) is 0 Å². The van der Waals surface area contributed by atoms with Crippen LogP contribution in [0.25, 0.3) is 10.9 Å². The van der Waals surface area contributed by atoms with Gasteiger partial charge in [-0.1, -0.05) is 15.9 Å². The van der Waals surface area contributed by atoms with Gasteiger partial charge < -0.3 is 5.32 Å². The first-order valence-corrected chi connectivity index (χ1v) is 8.10. The maximum Gasteiger partial charge on any atom is 0.257 e. The summed E-state index contributed by atoms with van der Waals surface area (Å²) >= 11 is 6.77. The largest absolute Gasteiger partial charge is 0.321 e. The topological polar surface area (TPSA) is 54.9 Å². The van der Waals surface area contributed by atoms with Gasteiger partial charge in [0.15, 0.2) is 0 Å². The molecule has 0 aliphatic rings. The summed E-state index contributed by atoms with van der Waals surface area (Å²) in [6.07, 6.45) is 3.17. The fourth-order valence-corrected chi connectivity index (χ4v) is 2.89. The molecule has 0 saturated heterocycles. The average Bonchev–Trinajstić information content (AvgIpc) is 2.48. The van der Waals surface area contributed by atoms with E-state index in [0.717, 1.165) is 31.2 Å². The normalized spacial score (nSPS) is 10.7. The van der Waals surface area contributed by atoms with Crippen LogP contribution in [0.4, 0.5) is 5.69 Å². The van der Waals surface area contributed by atoms with Crippen molar-refractivity contribution >= 4 is 54.4 Å². The third-order valence-electron chi connectivity index (χ3n) is 3.11. The number of nitrogens with zero attached hydrogens (tertiary/aromatic N) is 2. The highest BCUT2D eigenvalue weighted by molar-refractivity contribution is 9.10. The smallest absolute Gasteiger partial charge is 0.257 e. The van der Waals surface area contributed by atoms with Crippen molar-refractivity contribution in [1.29, 1.82) is 0 Å². The molecule has 1 aromatic carbocycles. The molecule has 0 atom stereocenters. The minimum absolute atomic E-state index is 0.208. The molecule has 0 aliphatic heterocycles. The van der Waals surface area contributed by atoms with Crippen LogP contribution in [0, 0.1) is 6.92 Å². The number of hydrogen-bond acceptors (Lipinski definition) is 3. The first kappa shape index (κ1) is 15.1. The van der Waals surface area contributed by atoms with Gasteiger partial charge >= 0.3 is 0 Å². The number of benzene rings is 1. The standard InChI is InChI=1S/C16H11Br2N3O/c1-9-4-15(13-6-11(17)2-3-14(13)20-9)21-16(22)10-5-12(18)8-19-7-10/h2-8H,1H3,(H,20,21,22). The Bertz CT molecular complexity index is 880. The molecular weight excluding hydrogens is 410 g/mol. The number of aryl methyl sites for hydroxylation is 1. The van der Waals surface area contributed by atoms with E-state index in [2.05, 4.69) is 47.1 Å². The lowest BCUT2D eigenvalue weighted by Gasteiger charge is -2.10. The molecular formula is C16H11Br2N3O. The van der Waals surface area contributed by atoms with E-state index in [1.807, 2.05) is 31.2 Å². The summed E-state index contributed by atoms with van der Waals surface area (Å²) in [4.78, 5) is 20.9. The number of amides is 1. The van der Waals surface area contributed by atoms with Crippen LogP contribution < -0.4 is 5.32 Å². The molecule has 0 radical (unpaired) electrons. The van der Waals surface area contributed by atoms with Crippen LogP contribution in [0.2, 0.25) is 0 Å². The number of halogens is 2. The average molecular weight is 421 g/mol. The lowest BCUT2D eigenvalue weighted by molar-refractivity contribution is 0.102. The molecule has 0 saturated carbocycles. The van der Waals surface area contributed by atoms with E-state index in [0.29, 0.717) is 5.56 Å². The first-order valence-electron chi connectivity index (χ1n) is 6.52. The second-order valence-corrected chi connectivity index (χ2v) is 6.65. The van der Waals surface area contributed by atoms with Gasteiger partial charge in [-0.2, -0.15) is 0 Å². The highest BCUT2D eigenvalue weighted by Gasteiger charge is 2.11. The van der Waals surface area contributed by atoms with E-state index in [1.165, 1.54) is 6.20 Å². The molecule has 3 rings (SSSR count). The second-order valence-electron chi connectivity index (χ2n) is 4.82. The van der Waals surface area contributed by atoms with Gasteiger partial charge in [0.25, 0.3) is 5.91 Å². The summed E-state index contributed by atoms with van der Waals surface area (Å²) < 4.78 is 1.70. The van der Waals surface area contributed by atoms with Crippen molar-refractivity contribution < 1.29 is 4.79 Å². The number of aromatic nitrogens is 2. The Balaban J connectivity index is 2.03. The molecule has 6 heteroatoms. The molecule has 3 aromatic rings. The minimum atomic E-state index is -0.208. The molecule has 1 amide bonds. The molecule has 2 heterocycles. The van der Waals surface area contributed by atoms with Crippen LogP contribution in [-0.4, -0.2) is 15.9 Å². The first-order chi connectivity index (χ1) is 10.5. The Morgan fingerprint density at radius 3 is 2.68 bits per heavy atom. The van der Waals surface area contributed by atoms with Crippen LogP contribution in [0.15, 0.2) is 51.7 Å². The van der Waals surface area contributed by atoms with Gasteiger partial charge in [0.1, 0.15) is 0 Å². The van der Waals surface area contributed by atoms with Crippen molar-refractivity contribution in [1.82, 2.24) is 9.97 Å². The van der Waals surface area contributed by atoms with Gasteiger partial charge in [-0.25, -0.2) is 0 Å². The van der Waals surface area contributed by atoms with E-state index in [-0.39, 0.29) is 5.91 Å². The van der Waals surface area contributed by atoms with E-state index >= 15 is 0 Å². The lowest BCUT2D eigenvalue weighted by Crippen LogP contribution is -2.13. The van der Waals surface area contributed by atoms with E-state index in [1.54, 1.807) is 12.3 Å². The van der Waals surface area contributed by atoms with E-state index in [4.69, 9.17) is 0 Å². The van der Waals surface area contributed by atoms with Crippen molar-refractivity contribution in [3.05, 3.63) is 62.9 Å². The summed E-state index contributed by atoms with van der Waals surface area (Å²) in [5, 5.41) is 3.82. The molecule has 2 aromatic heterocycles. The molecule has 0 bridgehead atoms. The number of carbonyl (C=O) groups excluding carboxylic acids is 1. The van der Waals surface area contributed by atoms with Crippen LogP contribution in [-0.2, 0) is 0 Å². The summed E-state index contributed by atoms with van der Waals surface area (Å²) in [6, 6.07) is 9.38. The van der Waals surface area contributed by atoms with Gasteiger partial charge in [-0.15, -0.1) is 0 Å². The predicted octanol–water partition coefficient (Wildman–Crippen LogP) is 4.72. The number of pyridine rings is 2. The summed E-state index contributed by atoms with van der Waals surface area (Å²) in [5.41, 5.74) is 2.91. The molecule has 4 nitrogen and oxygen atoms in total. The number of carbonyl (C=O) groups is 1. The summed E-state index contributed by atoms with van der Waals surface area (Å²) in [6.45, 7) is 1.90. The Kier molecular flexibility index (Phi) is 4.22. The molecule has 0 fully saturated rings. The third kappa shape index (κ3) is 3.18. The summed E-state index contributed by atoms with van der Waals surface area (Å²) in [7, 11) is 0. The SMILES string of the molecule is Cc1cc(NC(=O)c2cncc(Br)c2)c2cc(Br)ccc2n1. The zero-order valence-corrected chi connectivity index (χ0v) is 14.8. The Morgan fingerprint density at radius 1 is 1.09 bits per heavy atom. The van der Waals surface area contributed by atoms with Gasteiger partial charge in [0.2, 0.25) is 0 Å². The van der Waals surface area contributed by atoms with Gasteiger partial charge in [-0.3, -0.25) is 14.8 Å². The molecule has 0 spiro atoms. The minimum Gasteiger partial charge on any atom is -0.321 e. The van der Waals surface area contributed by atoms with Gasteiger partial charge in [-0.05, 0) is 53.2 Å². The van der Waals surface area contributed by atoms with Crippen LogP contribution in [0.5, 0.6) is 0 Å². The van der Waals surface area contributed by atoms with Crippen molar-refractivity contribution in [3.63, 3.8) is 0 Å². The zero-order chi connectivity index (χ0) is 15.7. The van der Waals surface area contributed by atoms with Crippen LogP contribution in [0.3, 0.4) is 0 Å². The molecule has 0 unspecified atom stereocenters. The number of fused-ring (bicyclic) bond motifs is 1. The maximum absolute atomic E-state index is 12.4. The maximum atomic E-state index is 12.4. The molecule has 0 aliphatic carbocycles. The molecule has 22 heavy (non-hydrogen) atoms. The van der Waals surface area contributed by atoms with Crippen molar-refractivity contribution in [2.45, 2.75) is 6.92 Å². The van der Waals surface area contributed by atoms with E-state index in [9.17, 15) is 4.79 Å². The number of rotatable bonds is 2. The Labute approximate surface area is 144 Å². The van der Waals surface area contributed by atoms with Crippen molar-refractivity contribution in [2.75, 3.05) is 5.32 Å². The second kappa shape index (κ2) is 6.14. The zero-order valence-electron chi connectivity index (χ0n) is 11.6. The predicted molar refractivity (Wildman–Crippen MR) is 94.1 cm³/mol. The number of nitrogens with one attached hydrogen (secondary N) is 1. The molecule has 1 N–H and O–H groups in total. The van der Waals surface area contributed by atoms with Crippen LogP contribution in [0.1, 0.15) is 16.1 Å². The fourth-order valence-electron chi connectivity index (χ4n) is 2.16. The third-order valence-corrected chi connectivity index (χ3v) is 4.04. The van der Waals surface area contributed by atoms with Crippen LogP contribution >= 0.6 is 31.9 Å². The monoisotopic (exact) mass is 419 g/mol. The Hall–Kier alpha value is -1.79. The molecule has 110 valence electrons. The number of hydrogen-bond donors (Lipinski definition) is 1.